The van der Waals surface area contributed by atoms with Crippen LogP contribution in [0.5, 0.6) is 5.75 Å². The lowest BCUT2D eigenvalue weighted by Gasteiger charge is -2.22. The average molecular weight is 662 g/mol. The zero-order chi connectivity index (χ0) is 33.3. The van der Waals surface area contributed by atoms with E-state index in [1.807, 2.05) is 109 Å². The molecule has 6 rings (SSSR count). The molecule has 48 heavy (non-hydrogen) atoms. The Balaban J connectivity index is 1.07. The Morgan fingerprint density at radius 3 is 1.69 bits per heavy atom. The summed E-state index contributed by atoms with van der Waals surface area (Å²) in [6.07, 6.45) is -0.796. The lowest BCUT2D eigenvalue weighted by Crippen LogP contribution is -2.42. The van der Waals surface area contributed by atoms with Crippen molar-refractivity contribution < 1.29 is 28.5 Å². The predicted molar refractivity (Wildman–Crippen MR) is 185 cm³/mol. The van der Waals surface area contributed by atoms with E-state index in [-0.39, 0.29) is 18.9 Å². The lowest BCUT2D eigenvalue weighted by molar-refractivity contribution is -0.139. The molecule has 0 aromatic heterocycles. The number of nitrogens with one attached hydrogen (secondary N) is 3. The SMILES string of the molecule is O=C(N[C@@H](Cc1ccc(OP(=O)(NCc2ccccc2)NCc2ccccc2)cc1)C(=O)O)OCC1c2ccccc2-c2ccccc21. The van der Waals surface area contributed by atoms with Crippen LogP contribution in [0.3, 0.4) is 0 Å². The molecule has 4 N–H and O–H groups in total. The molecule has 1 aliphatic carbocycles. The number of aliphatic carboxylic acids is 1. The van der Waals surface area contributed by atoms with Gasteiger partial charge in [-0.3, -0.25) is 0 Å². The Morgan fingerprint density at radius 2 is 1.17 bits per heavy atom. The minimum absolute atomic E-state index is 0.00990. The molecule has 0 bridgehead atoms. The van der Waals surface area contributed by atoms with Crippen molar-refractivity contribution in [3.8, 4) is 16.9 Å². The second kappa shape index (κ2) is 15.1. The predicted octanol–water partition coefficient (Wildman–Crippen LogP) is 7.29. The number of benzene rings is 5. The van der Waals surface area contributed by atoms with Crippen LogP contribution in [-0.2, 0) is 33.6 Å². The molecule has 0 aliphatic heterocycles. The van der Waals surface area contributed by atoms with Crippen LogP contribution in [0.25, 0.3) is 11.1 Å². The average Bonchev–Trinajstić information content (AvgIpc) is 3.44. The quantitative estimate of drug-likeness (QED) is 0.0915. The van der Waals surface area contributed by atoms with Gasteiger partial charge in [-0.15, -0.1) is 0 Å². The number of alkyl carbamates (subject to hydrolysis) is 1. The summed E-state index contributed by atoms with van der Waals surface area (Å²) in [6, 6.07) is 40.6. The third-order valence-corrected chi connectivity index (χ3v) is 9.82. The van der Waals surface area contributed by atoms with Gasteiger partial charge in [0.05, 0.1) is 0 Å². The summed E-state index contributed by atoms with van der Waals surface area (Å²) in [7, 11) is -3.57. The Hall–Kier alpha value is -5.21. The summed E-state index contributed by atoms with van der Waals surface area (Å²) >= 11 is 0. The van der Waals surface area contributed by atoms with Gasteiger partial charge in [0.2, 0.25) is 0 Å². The fourth-order valence-corrected chi connectivity index (χ4v) is 7.20. The Kier molecular flexibility index (Phi) is 10.3. The van der Waals surface area contributed by atoms with Crippen molar-refractivity contribution in [2.24, 2.45) is 0 Å². The molecule has 0 unspecified atom stereocenters. The Bertz CT molecular complexity index is 1810. The smallest absolute Gasteiger partial charge is 0.407 e. The van der Waals surface area contributed by atoms with E-state index in [4.69, 9.17) is 9.26 Å². The monoisotopic (exact) mass is 661 g/mol. The van der Waals surface area contributed by atoms with Crippen molar-refractivity contribution in [2.75, 3.05) is 6.61 Å². The minimum atomic E-state index is -3.57. The van der Waals surface area contributed by atoms with Crippen LogP contribution in [0.1, 0.15) is 33.7 Å². The van der Waals surface area contributed by atoms with Gasteiger partial charge in [0.25, 0.3) is 0 Å². The third-order valence-electron chi connectivity index (χ3n) is 8.20. The largest absolute Gasteiger partial charge is 0.480 e. The molecule has 1 amide bonds. The summed E-state index contributed by atoms with van der Waals surface area (Å²) in [5.74, 6) is -0.998. The highest BCUT2D eigenvalue weighted by molar-refractivity contribution is 7.55. The number of hydrogen-bond acceptors (Lipinski definition) is 5. The van der Waals surface area contributed by atoms with E-state index in [2.05, 4.69) is 15.5 Å². The summed E-state index contributed by atoms with van der Waals surface area (Å²) in [5, 5.41) is 18.5. The van der Waals surface area contributed by atoms with Crippen LogP contribution in [0, 0.1) is 0 Å². The third kappa shape index (κ3) is 8.19. The number of fused-ring (bicyclic) bond motifs is 3. The summed E-state index contributed by atoms with van der Waals surface area (Å²) in [4.78, 5) is 24.9. The maximum atomic E-state index is 13.9. The molecule has 9 nitrogen and oxygen atoms in total. The van der Waals surface area contributed by atoms with Crippen LogP contribution in [0.4, 0.5) is 4.79 Å². The van der Waals surface area contributed by atoms with Crippen molar-refractivity contribution in [3.05, 3.63) is 161 Å². The van der Waals surface area contributed by atoms with E-state index in [0.717, 1.165) is 33.4 Å². The molecular weight excluding hydrogens is 625 g/mol. The summed E-state index contributed by atoms with van der Waals surface area (Å²) in [6.45, 7) is 0.717. The maximum Gasteiger partial charge on any atom is 0.407 e. The first-order chi connectivity index (χ1) is 23.4. The number of carbonyl (C=O) groups is 2. The number of hydrogen-bond donors (Lipinski definition) is 4. The second-order valence-corrected chi connectivity index (χ2v) is 13.4. The number of carbonyl (C=O) groups excluding carboxylic acids is 1. The molecule has 10 heteroatoms. The van der Waals surface area contributed by atoms with Gasteiger partial charge < -0.3 is 19.7 Å². The normalized spacial score (nSPS) is 12.8. The molecule has 0 saturated carbocycles. The van der Waals surface area contributed by atoms with Gasteiger partial charge in [0.15, 0.2) is 0 Å². The number of carboxylic acids is 1. The molecule has 0 radical (unpaired) electrons. The van der Waals surface area contributed by atoms with Crippen molar-refractivity contribution in [1.82, 2.24) is 15.5 Å². The number of ether oxygens (including phenoxy) is 1. The molecule has 5 aromatic carbocycles. The van der Waals surface area contributed by atoms with Gasteiger partial charge >= 0.3 is 19.7 Å². The van der Waals surface area contributed by atoms with Crippen LogP contribution < -0.4 is 20.0 Å². The van der Waals surface area contributed by atoms with E-state index in [1.54, 1.807) is 24.3 Å². The zero-order valence-electron chi connectivity index (χ0n) is 26.1. The van der Waals surface area contributed by atoms with Gasteiger partial charge in [-0.2, -0.15) is 0 Å². The summed E-state index contributed by atoms with van der Waals surface area (Å²) in [5.41, 5.74) is 6.88. The van der Waals surface area contributed by atoms with Crippen molar-refractivity contribution in [3.63, 3.8) is 0 Å². The van der Waals surface area contributed by atoms with Crippen LogP contribution in [0.15, 0.2) is 133 Å². The first-order valence-electron chi connectivity index (χ1n) is 15.7. The molecular formula is C38H36N3O6P. The second-order valence-electron chi connectivity index (χ2n) is 11.5. The van der Waals surface area contributed by atoms with Gasteiger partial charge in [0, 0.05) is 25.4 Å². The van der Waals surface area contributed by atoms with Gasteiger partial charge in [-0.25, -0.2) is 24.3 Å². The van der Waals surface area contributed by atoms with Crippen molar-refractivity contribution >= 4 is 19.7 Å². The molecule has 244 valence electrons. The van der Waals surface area contributed by atoms with Crippen LogP contribution in [-0.4, -0.2) is 29.8 Å². The summed E-state index contributed by atoms with van der Waals surface area (Å²) < 4.78 is 25.5. The van der Waals surface area contributed by atoms with Gasteiger partial charge in [-0.1, -0.05) is 121 Å². The maximum absolute atomic E-state index is 13.9. The minimum Gasteiger partial charge on any atom is -0.480 e. The molecule has 1 aliphatic rings. The van der Waals surface area contributed by atoms with Crippen molar-refractivity contribution in [1.29, 1.82) is 0 Å². The highest BCUT2D eigenvalue weighted by Crippen LogP contribution is 2.44. The molecule has 0 heterocycles. The van der Waals surface area contributed by atoms with Crippen LogP contribution in [0.2, 0.25) is 0 Å². The molecule has 0 saturated heterocycles. The molecule has 0 spiro atoms. The molecule has 0 fully saturated rings. The van der Waals surface area contributed by atoms with E-state index < -0.39 is 25.8 Å². The fourth-order valence-electron chi connectivity index (χ4n) is 5.76. The van der Waals surface area contributed by atoms with E-state index in [9.17, 15) is 19.3 Å². The highest BCUT2D eigenvalue weighted by atomic mass is 31.2. The van der Waals surface area contributed by atoms with Gasteiger partial charge in [-0.05, 0) is 51.1 Å². The number of amides is 1. The van der Waals surface area contributed by atoms with E-state index in [1.165, 1.54) is 0 Å². The van der Waals surface area contributed by atoms with Gasteiger partial charge in [0.1, 0.15) is 18.4 Å². The zero-order valence-corrected chi connectivity index (χ0v) is 27.0. The molecule has 1 atom stereocenters. The highest BCUT2D eigenvalue weighted by Gasteiger charge is 2.30. The van der Waals surface area contributed by atoms with Crippen molar-refractivity contribution in [2.45, 2.75) is 31.5 Å². The number of rotatable bonds is 14. The Labute approximate surface area is 279 Å². The van der Waals surface area contributed by atoms with E-state index >= 15 is 0 Å². The van der Waals surface area contributed by atoms with E-state index in [0.29, 0.717) is 24.4 Å². The molecule has 5 aromatic rings. The first kappa shape index (κ1) is 32.7. The topological polar surface area (TPSA) is 126 Å². The standard InChI is InChI=1S/C38H36N3O6P/c42-37(43)36(41-38(44)46-26-35-33-17-9-7-15-31(33)32-16-8-10-18-34(32)35)23-27-19-21-30(22-20-27)47-48(45,39-24-28-11-3-1-4-12-28)40-25-29-13-5-2-6-14-29/h1-22,35-36H,23-26H2,(H,41,44)(H,42,43)(H2,39,40,45)/t36-/m0/s1. The Morgan fingerprint density at radius 1 is 0.667 bits per heavy atom. The lowest BCUT2D eigenvalue weighted by atomic mass is 9.98. The first-order valence-corrected chi connectivity index (χ1v) is 17.3. The fraction of sp³-hybridized carbons (Fsp3) is 0.158. The van der Waals surface area contributed by atoms with Crippen LogP contribution >= 0.6 is 7.67 Å². The number of carboxylic acid groups (broad SMARTS) is 1.